The zero-order valence-corrected chi connectivity index (χ0v) is 9.62. The normalized spacial score (nSPS) is 20.2. The minimum atomic E-state index is -0.638. The van der Waals surface area contributed by atoms with E-state index in [1.165, 1.54) is 0 Å². The summed E-state index contributed by atoms with van der Waals surface area (Å²) in [7, 11) is 0. The maximum absolute atomic E-state index is 11.5. The van der Waals surface area contributed by atoms with Crippen LogP contribution in [-0.2, 0) is 5.11 Å². The van der Waals surface area contributed by atoms with Gasteiger partial charge < -0.3 is 0 Å². The highest BCUT2D eigenvalue weighted by Crippen LogP contribution is 2.26. The number of halogens is 2. The molecule has 0 aliphatic rings. The molecule has 0 aromatic rings. The van der Waals surface area contributed by atoms with Crippen molar-refractivity contribution in [3.05, 3.63) is 0 Å². The summed E-state index contributed by atoms with van der Waals surface area (Å²) in [5.74, 6) is 0. The van der Waals surface area contributed by atoms with Gasteiger partial charge in [0.25, 0.3) is 0 Å². The zero-order chi connectivity index (χ0) is 9.94. The van der Waals surface area contributed by atoms with Gasteiger partial charge in [0, 0.05) is 5.38 Å². The van der Waals surface area contributed by atoms with Crippen molar-refractivity contribution in [1.82, 2.24) is 0 Å². The van der Waals surface area contributed by atoms with Crippen LogP contribution in [0.2, 0.25) is 0 Å². The van der Waals surface area contributed by atoms with Crippen LogP contribution in [0.25, 0.3) is 0 Å². The van der Waals surface area contributed by atoms with Crippen LogP contribution in [-0.4, -0.2) is 16.9 Å². The Morgan fingerprint density at radius 2 is 1.67 bits per heavy atom. The van der Waals surface area contributed by atoms with Gasteiger partial charge in [0.1, 0.15) is 0 Å². The smallest absolute Gasteiger partial charge is 0.0992 e. The summed E-state index contributed by atoms with van der Waals surface area (Å²) < 4.78 is 0. The summed E-state index contributed by atoms with van der Waals surface area (Å²) in [5, 5.41) is 11.2. The molecule has 3 heteroatoms. The number of hydrogen-bond donors (Lipinski definition) is 0. The lowest BCUT2D eigenvalue weighted by Crippen LogP contribution is -2.29. The van der Waals surface area contributed by atoms with Crippen molar-refractivity contribution in [1.29, 1.82) is 0 Å². The maximum atomic E-state index is 11.5. The van der Waals surface area contributed by atoms with Crippen LogP contribution in [0.3, 0.4) is 0 Å². The van der Waals surface area contributed by atoms with Gasteiger partial charge in [-0.1, -0.05) is 20.8 Å². The van der Waals surface area contributed by atoms with Gasteiger partial charge in [-0.25, -0.2) is 5.11 Å². The van der Waals surface area contributed by atoms with Gasteiger partial charge in [-0.05, 0) is 18.8 Å². The minimum absolute atomic E-state index is 0.134. The van der Waals surface area contributed by atoms with Crippen LogP contribution >= 0.6 is 23.2 Å². The Morgan fingerprint density at radius 3 is 1.92 bits per heavy atom. The van der Waals surface area contributed by atoms with Crippen LogP contribution < -0.4 is 0 Å². The summed E-state index contributed by atoms with van der Waals surface area (Å²) >= 11 is 11.6. The van der Waals surface area contributed by atoms with Gasteiger partial charge >= 0.3 is 0 Å². The second kappa shape index (κ2) is 4.69. The van der Waals surface area contributed by atoms with E-state index in [0.29, 0.717) is 6.42 Å². The van der Waals surface area contributed by atoms with E-state index < -0.39 is 6.10 Å². The Labute approximate surface area is 85.1 Å². The predicted molar refractivity (Wildman–Crippen MR) is 53.5 cm³/mol. The van der Waals surface area contributed by atoms with Crippen molar-refractivity contribution < 1.29 is 5.11 Å². The first-order chi connectivity index (χ1) is 5.25. The predicted octanol–water partition coefficient (Wildman–Crippen LogP) is 3.46. The molecule has 0 saturated heterocycles. The number of alkyl halides is 2. The molecule has 0 bridgehead atoms. The molecule has 0 amide bonds. The Hall–Kier alpha value is 0.540. The Bertz CT molecular complexity index is 129. The highest BCUT2D eigenvalue weighted by Gasteiger charge is 2.27. The zero-order valence-electron chi connectivity index (χ0n) is 8.10. The van der Waals surface area contributed by atoms with Crippen molar-refractivity contribution in [2.75, 3.05) is 0 Å². The van der Waals surface area contributed by atoms with Crippen LogP contribution in [0.15, 0.2) is 0 Å². The molecule has 3 atom stereocenters. The van der Waals surface area contributed by atoms with Gasteiger partial charge in [-0.15, -0.1) is 23.2 Å². The van der Waals surface area contributed by atoms with Crippen LogP contribution in [0, 0.1) is 5.41 Å². The lowest BCUT2D eigenvalue weighted by molar-refractivity contribution is -0.00591. The quantitative estimate of drug-likeness (QED) is 0.638. The molecule has 0 spiro atoms. The molecule has 73 valence electrons. The lowest BCUT2D eigenvalue weighted by atomic mass is 9.86. The third-order valence-electron chi connectivity index (χ3n) is 1.90. The molecule has 0 N–H and O–H groups in total. The summed E-state index contributed by atoms with van der Waals surface area (Å²) in [4.78, 5) is 0. The molecule has 0 aliphatic heterocycles. The Kier molecular flexibility index (Phi) is 4.90. The molecular formula is C9H17Cl2O. The first-order valence-corrected chi connectivity index (χ1v) is 5.06. The fourth-order valence-electron chi connectivity index (χ4n) is 0.746. The minimum Gasteiger partial charge on any atom is -0.232 e. The molecule has 0 saturated carbocycles. The van der Waals surface area contributed by atoms with E-state index in [4.69, 9.17) is 23.2 Å². The number of hydrogen-bond acceptors (Lipinski definition) is 0. The molecule has 1 radical (unpaired) electrons. The van der Waals surface area contributed by atoms with Gasteiger partial charge in [0.15, 0.2) is 0 Å². The summed E-state index contributed by atoms with van der Waals surface area (Å²) in [5.41, 5.74) is -0.223. The first kappa shape index (κ1) is 12.5. The average Bonchev–Trinajstić information content (AvgIpc) is 1.85. The average molecular weight is 212 g/mol. The first-order valence-electron chi connectivity index (χ1n) is 4.19. The second-order valence-corrected chi connectivity index (χ2v) is 5.53. The van der Waals surface area contributed by atoms with E-state index in [9.17, 15) is 5.11 Å². The van der Waals surface area contributed by atoms with Gasteiger partial charge in [0.05, 0.1) is 11.5 Å². The van der Waals surface area contributed by atoms with E-state index in [1.54, 1.807) is 0 Å². The maximum Gasteiger partial charge on any atom is 0.0992 e. The molecule has 0 aliphatic carbocycles. The van der Waals surface area contributed by atoms with Crippen LogP contribution in [0.1, 0.15) is 34.1 Å². The van der Waals surface area contributed by atoms with E-state index in [-0.39, 0.29) is 16.2 Å². The fraction of sp³-hybridized carbons (Fsp3) is 1.00. The highest BCUT2D eigenvalue weighted by atomic mass is 35.5. The van der Waals surface area contributed by atoms with Gasteiger partial charge in [-0.2, -0.15) is 0 Å². The van der Waals surface area contributed by atoms with Crippen molar-refractivity contribution in [3.8, 4) is 0 Å². The summed E-state index contributed by atoms with van der Waals surface area (Å²) in [6.45, 7) is 7.59. The van der Waals surface area contributed by atoms with Crippen LogP contribution in [0.4, 0.5) is 0 Å². The Morgan fingerprint density at radius 1 is 1.25 bits per heavy atom. The third-order valence-corrected chi connectivity index (χ3v) is 2.89. The SMILES string of the molecule is CC(Cl)C(Cl)CC([O])C(C)(C)C. The molecule has 0 heterocycles. The molecule has 0 aromatic heterocycles. The summed E-state index contributed by atoms with van der Waals surface area (Å²) in [6.07, 6.45) is -0.198. The highest BCUT2D eigenvalue weighted by molar-refractivity contribution is 6.29. The molecule has 0 fully saturated rings. The fourth-order valence-corrected chi connectivity index (χ4v) is 1.01. The van der Waals surface area contributed by atoms with E-state index in [0.717, 1.165) is 0 Å². The number of rotatable bonds is 3. The van der Waals surface area contributed by atoms with Gasteiger partial charge in [-0.3, -0.25) is 0 Å². The third kappa shape index (κ3) is 4.54. The molecule has 1 nitrogen and oxygen atoms in total. The molecule has 12 heavy (non-hydrogen) atoms. The van der Waals surface area contributed by atoms with Crippen molar-refractivity contribution >= 4 is 23.2 Å². The Balaban J connectivity index is 3.93. The van der Waals surface area contributed by atoms with E-state index in [1.807, 2.05) is 27.7 Å². The topological polar surface area (TPSA) is 19.9 Å². The van der Waals surface area contributed by atoms with Crippen LogP contribution in [0.5, 0.6) is 0 Å². The van der Waals surface area contributed by atoms with E-state index in [2.05, 4.69) is 0 Å². The van der Waals surface area contributed by atoms with E-state index >= 15 is 0 Å². The second-order valence-electron chi connectivity index (χ2n) is 4.28. The monoisotopic (exact) mass is 211 g/mol. The molecular weight excluding hydrogens is 195 g/mol. The lowest BCUT2D eigenvalue weighted by Gasteiger charge is -2.26. The molecule has 0 rings (SSSR count). The van der Waals surface area contributed by atoms with Crippen molar-refractivity contribution in [2.45, 2.75) is 51.0 Å². The van der Waals surface area contributed by atoms with Crippen molar-refractivity contribution in [2.24, 2.45) is 5.41 Å². The standard InChI is InChI=1S/C9H17Cl2O/c1-6(10)7(11)5-8(12)9(2,3)4/h6-8H,5H2,1-4H3. The largest absolute Gasteiger partial charge is 0.232 e. The summed E-state index contributed by atoms with van der Waals surface area (Å²) in [6, 6.07) is 0. The molecule has 3 unspecified atom stereocenters. The van der Waals surface area contributed by atoms with Crippen molar-refractivity contribution in [3.63, 3.8) is 0 Å². The molecule has 0 aromatic carbocycles. The van der Waals surface area contributed by atoms with Gasteiger partial charge in [0.2, 0.25) is 0 Å².